The number of rotatable bonds is 7. The van der Waals surface area contributed by atoms with Gasteiger partial charge in [-0.3, -0.25) is 4.99 Å². The van der Waals surface area contributed by atoms with Crippen LogP contribution in [-0.2, 0) is 22.0 Å². The van der Waals surface area contributed by atoms with E-state index in [0.29, 0.717) is 19.0 Å². The number of sulfonamides is 1. The van der Waals surface area contributed by atoms with Crippen LogP contribution in [0.2, 0.25) is 0 Å². The lowest BCUT2D eigenvalue weighted by atomic mass is 9.95. The molecule has 6 nitrogen and oxygen atoms in total. The van der Waals surface area contributed by atoms with Crippen LogP contribution in [0.5, 0.6) is 0 Å². The van der Waals surface area contributed by atoms with Gasteiger partial charge >= 0.3 is 0 Å². The number of benzene rings is 2. The van der Waals surface area contributed by atoms with Gasteiger partial charge in [0.15, 0.2) is 5.96 Å². The molecular weight excluding hydrogens is 391 g/mol. The van der Waals surface area contributed by atoms with Gasteiger partial charge in [0.1, 0.15) is 5.82 Å². The van der Waals surface area contributed by atoms with E-state index in [2.05, 4.69) is 15.6 Å². The summed E-state index contributed by atoms with van der Waals surface area (Å²) in [4.78, 5) is 4.49. The zero-order chi connectivity index (χ0) is 21.1. The Kier molecular flexibility index (Phi) is 6.24. The standard InChI is InChI=1S/C21H27FN4O2S/c1-23-20(25-15-21(12-13-21)18-6-4-5-7-19(18)22)24-14-16-8-10-17(11-9-16)29(27,28)26(2)3/h4-11H,12-15H2,1-3H3,(H2,23,24,25). The van der Waals surface area contributed by atoms with Crippen LogP contribution in [0.4, 0.5) is 4.39 Å². The minimum absolute atomic E-state index is 0.164. The second-order valence-electron chi connectivity index (χ2n) is 7.47. The van der Waals surface area contributed by atoms with Crippen LogP contribution in [-0.4, -0.2) is 46.4 Å². The van der Waals surface area contributed by atoms with Crippen molar-refractivity contribution in [2.75, 3.05) is 27.7 Å². The Bertz CT molecular complexity index is 984. The highest BCUT2D eigenvalue weighted by atomic mass is 32.2. The van der Waals surface area contributed by atoms with Gasteiger partial charge in [0, 0.05) is 39.6 Å². The number of nitrogens with one attached hydrogen (secondary N) is 2. The Morgan fingerprint density at radius 3 is 2.31 bits per heavy atom. The molecule has 1 fully saturated rings. The lowest BCUT2D eigenvalue weighted by Gasteiger charge is -2.19. The van der Waals surface area contributed by atoms with Gasteiger partial charge in [-0.2, -0.15) is 0 Å². The molecule has 29 heavy (non-hydrogen) atoms. The van der Waals surface area contributed by atoms with E-state index in [9.17, 15) is 12.8 Å². The molecule has 0 aliphatic heterocycles. The molecule has 156 valence electrons. The number of aliphatic imine (C=N–C) groups is 1. The number of guanidine groups is 1. The van der Waals surface area contributed by atoms with Crippen molar-refractivity contribution in [1.29, 1.82) is 0 Å². The topological polar surface area (TPSA) is 73.8 Å². The van der Waals surface area contributed by atoms with E-state index in [4.69, 9.17) is 0 Å². The maximum absolute atomic E-state index is 14.1. The molecule has 1 aliphatic rings. The summed E-state index contributed by atoms with van der Waals surface area (Å²) >= 11 is 0. The molecule has 1 saturated carbocycles. The first-order valence-corrected chi connectivity index (χ1v) is 10.9. The molecule has 0 atom stereocenters. The average Bonchev–Trinajstić information content (AvgIpc) is 3.49. The van der Waals surface area contributed by atoms with E-state index in [1.165, 1.54) is 24.5 Å². The molecule has 0 heterocycles. The van der Waals surface area contributed by atoms with Crippen LogP contribution in [0.3, 0.4) is 0 Å². The first-order chi connectivity index (χ1) is 13.8. The smallest absolute Gasteiger partial charge is 0.242 e. The summed E-state index contributed by atoms with van der Waals surface area (Å²) in [6, 6.07) is 13.7. The molecule has 3 rings (SSSR count). The summed E-state index contributed by atoms with van der Waals surface area (Å²) in [5.41, 5.74) is 1.51. The number of halogens is 1. The van der Waals surface area contributed by atoms with Gasteiger partial charge in [-0.25, -0.2) is 17.1 Å². The van der Waals surface area contributed by atoms with Crippen molar-refractivity contribution in [3.05, 3.63) is 65.5 Å². The zero-order valence-corrected chi connectivity index (χ0v) is 17.8. The van der Waals surface area contributed by atoms with Crippen LogP contribution in [0, 0.1) is 5.82 Å². The highest BCUT2D eigenvalue weighted by molar-refractivity contribution is 7.89. The first kappa shape index (κ1) is 21.3. The van der Waals surface area contributed by atoms with Gasteiger partial charge in [0.25, 0.3) is 0 Å². The fourth-order valence-electron chi connectivity index (χ4n) is 3.23. The van der Waals surface area contributed by atoms with Crippen LogP contribution >= 0.6 is 0 Å². The van der Waals surface area contributed by atoms with Crippen LogP contribution < -0.4 is 10.6 Å². The largest absolute Gasteiger partial charge is 0.356 e. The van der Waals surface area contributed by atoms with Gasteiger partial charge in [-0.1, -0.05) is 30.3 Å². The molecule has 2 aromatic carbocycles. The molecule has 0 bridgehead atoms. The normalized spacial score (nSPS) is 16.0. The molecule has 1 aliphatic carbocycles. The second kappa shape index (κ2) is 8.51. The Hall–Kier alpha value is -2.45. The number of hydrogen-bond donors (Lipinski definition) is 2. The number of nitrogens with zero attached hydrogens (tertiary/aromatic N) is 2. The molecule has 0 amide bonds. The third-order valence-corrected chi connectivity index (χ3v) is 7.11. The molecule has 2 N–H and O–H groups in total. The third kappa shape index (κ3) is 4.76. The quantitative estimate of drug-likeness (QED) is 0.535. The van der Waals surface area contributed by atoms with Gasteiger partial charge in [0.2, 0.25) is 10.0 Å². The molecule has 0 aromatic heterocycles. The van der Waals surface area contributed by atoms with Crippen molar-refractivity contribution >= 4 is 16.0 Å². The summed E-state index contributed by atoms with van der Waals surface area (Å²) in [7, 11) is 1.27. The third-order valence-electron chi connectivity index (χ3n) is 5.28. The lowest BCUT2D eigenvalue weighted by molar-refractivity contribution is 0.520. The van der Waals surface area contributed by atoms with Crippen molar-refractivity contribution in [2.45, 2.75) is 29.7 Å². The number of hydrogen-bond acceptors (Lipinski definition) is 3. The highest BCUT2D eigenvalue weighted by Crippen LogP contribution is 2.48. The van der Waals surface area contributed by atoms with Gasteiger partial charge in [0.05, 0.1) is 4.90 Å². The van der Waals surface area contributed by atoms with Crippen LogP contribution in [0.15, 0.2) is 58.4 Å². The lowest BCUT2D eigenvalue weighted by Crippen LogP contribution is -2.41. The predicted molar refractivity (Wildman–Crippen MR) is 113 cm³/mol. The SMILES string of the molecule is CN=C(NCc1ccc(S(=O)(=O)N(C)C)cc1)NCC1(c2ccccc2F)CC1. The summed E-state index contributed by atoms with van der Waals surface area (Å²) < 4.78 is 39.6. The molecule has 0 saturated heterocycles. The van der Waals surface area contributed by atoms with E-state index >= 15 is 0 Å². The minimum atomic E-state index is -3.43. The maximum Gasteiger partial charge on any atom is 0.242 e. The highest BCUT2D eigenvalue weighted by Gasteiger charge is 2.45. The molecule has 0 spiro atoms. The molecular formula is C21H27FN4O2S. The van der Waals surface area contributed by atoms with Crippen molar-refractivity contribution in [2.24, 2.45) is 4.99 Å². The summed E-state index contributed by atoms with van der Waals surface area (Å²) in [6.45, 7) is 1.10. The van der Waals surface area contributed by atoms with Crippen LogP contribution in [0.1, 0.15) is 24.0 Å². The van der Waals surface area contributed by atoms with Crippen LogP contribution in [0.25, 0.3) is 0 Å². The van der Waals surface area contributed by atoms with E-state index < -0.39 is 10.0 Å². The fourth-order valence-corrected chi connectivity index (χ4v) is 4.13. The molecule has 0 unspecified atom stereocenters. The van der Waals surface area contributed by atoms with Crippen molar-refractivity contribution in [3.63, 3.8) is 0 Å². The Morgan fingerprint density at radius 1 is 1.10 bits per heavy atom. The average molecular weight is 419 g/mol. The molecule has 2 aromatic rings. The van der Waals surface area contributed by atoms with E-state index in [-0.39, 0.29) is 16.1 Å². The summed E-state index contributed by atoms with van der Waals surface area (Å²) in [5, 5.41) is 6.51. The Morgan fingerprint density at radius 2 is 1.76 bits per heavy atom. The maximum atomic E-state index is 14.1. The van der Waals surface area contributed by atoms with Crippen molar-refractivity contribution in [3.8, 4) is 0 Å². The van der Waals surface area contributed by atoms with E-state index in [1.807, 2.05) is 12.1 Å². The van der Waals surface area contributed by atoms with Crippen molar-refractivity contribution < 1.29 is 12.8 Å². The van der Waals surface area contributed by atoms with Gasteiger partial charge in [-0.15, -0.1) is 0 Å². The monoisotopic (exact) mass is 418 g/mol. The van der Waals surface area contributed by atoms with E-state index in [1.54, 1.807) is 37.4 Å². The molecule has 8 heteroatoms. The van der Waals surface area contributed by atoms with Crippen molar-refractivity contribution in [1.82, 2.24) is 14.9 Å². The van der Waals surface area contributed by atoms with Gasteiger partial charge < -0.3 is 10.6 Å². The Balaban J connectivity index is 1.57. The van der Waals surface area contributed by atoms with Gasteiger partial charge in [-0.05, 0) is 42.2 Å². The predicted octanol–water partition coefficient (Wildman–Crippen LogP) is 2.47. The molecule has 0 radical (unpaired) electrons. The first-order valence-electron chi connectivity index (χ1n) is 9.49. The zero-order valence-electron chi connectivity index (χ0n) is 16.9. The fraction of sp³-hybridized carbons (Fsp3) is 0.381. The minimum Gasteiger partial charge on any atom is -0.356 e. The van der Waals surface area contributed by atoms with E-state index in [0.717, 1.165) is 24.0 Å². The second-order valence-corrected chi connectivity index (χ2v) is 9.62. The Labute approximate surface area is 171 Å². The summed E-state index contributed by atoms with van der Waals surface area (Å²) in [5.74, 6) is 0.458. The summed E-state index contributed by atoms with van der Waals surface area (Å²) in [6.07, 6.45) is 1.89.